The van der Waals surface area contributed by atoms with Crippen LogP contribution in [-0.2, 0) is 46.1 Å². The first-order valence-corrected chi connectivity index (χ1v) is 16.5. The number of nitrogens with two attached hydrogens (primary N) is 3. The molecule has 0 spiro atoms. The fourth-order valence-corrected chi connectivity index (χ4v) is 7.58. The predicted molar refractivity (Wildman–Crippen MR) is 149 cm³/mol. The Morgan fingerprint density at radius 2 is 1.87 bits per heavy atom. The van der Waals surface area contributed by atoms with E-state index in [0.717, 1.165) is 6.33 Å². The van der Waals surface area contributed by atoms with Crippen molar-refractivity contribution in [3.63, 3.8) is 0 Å². The predicted octanol–water partition coefficient (Wildman–Crippen LogP) is -0.972. The average molecular weight is 705 g/mol. The molecule has 0 amide bonds. The molecular weight excluding hydrogens is 679 g/mol. The van der Waals surface area contributed by atoms with Crippen molar-refractivity contribution in [3.05, 3.63) is 34.9 Å². The molecule has 4 aromatic rings. The Morgan fingerprint density at radius 3 is 2.64 bits per heavy atom. The van der Waals surface area contributed by atoms with E-state index in [2.05, 4.69) is 34.6 Å². The number of nitrogens with one attached hydrogen (secondary N) is 1. The third-order valence-electron chi connectivity index (χ3n) is 7.66. The first-order chi connectivity index (χ1) is 22.4. The van der Waals surface area contributed by atoms with E-state index in [1.807, 2.05) is 0 Å². The summed E-state index contributed by atoms with van der Waals surface area (Å²) in [6.45, 7) is -1.52. The molecule has 3 aliphatic heterocycles. The molecular formula is C21H26FN11O12P2. The van der Waals surface area contributed by atoms with Crippen LogP contribution in [0.15, 0.2) is 23.6 Å². The molecule has 8 N–H and O–H groups in total. The lowest BCUT2D eigenvalue weighted by Gasteiger charge is -2.27. The summed E-state index contributed by atoms with van der Waals surface area (Å²) in [4.78, 5) is 41.4. The van der Waals surface area contributed by atoms with Gasteiger partial charge >= 0.3 is 15.6 Å². The summed E-state index contributed by atoms with van der Waals surface area (Å²) in [6, 6.07) is 0. The molecule has 3 saturated heterocycles. The van der Waals surface area contributed by atoms with Crippen LogP contribution in [0.25, 0.3) is 16.8 Å². The molecule has 254 valence electrons. The summed E-state index contributed by atoms with van der Waals surface area (Å²) in [5, 5.41) is 4.01. The topological polar surface area (TPSA) is 313 Å². The Kier molecular flexibility index (Phi) is 8.10. The van der Waals surface area contributed by atoms with Gasteiger partial charge in [-0.1, -0.05) is 0 Å². The number of aromatic nitrogens is 8. The van der Waals surface area contributed by atoms with Gasteiger partial charge in [-0.25, -0.2) is 43.5 Å². The summed E-state index contributed by atoms with van der Waals surface area (Å²) < 4.78 is 89.1. The summed E-state index contributed by atoms with van der Waals surface area (Å²) in [5.74, 6) is 5.11. The monoisotopic (exact) mass is 705 g/mol. The molecule has 10 unspecified atom stereocenters. The number of halogens is 1. The number of phosphoric acid groups is 2. The van der Waals surface area contributed by atoms with Gasteiger partial charge in [0.15, 0.2) is 35.0 Å². The maximum absolute atomic E-state index is 16.0. The van der Waals surface area contributed by atoms with Crippen LogP contribution in [0.5, 0.6) is 0 Å². The van der Waals surface area contributed by atoms with Crippen LogP contribution in [0, 0.1) is 0 Å². The van der Waals surface area contributed by atoms with Crippen molar-refractivity contribution >= 4 is 44.2 Å². The summed E-state index contributed by atoms with van der Waals surface area (Å²) in [7, 11) is -8.68. The Balaban J connectivity index is 1.24. The molecule has 7 heterocycles. The maximum atomic E-state index is 16.0. The van der Waals surface area contributed by atoms with Gasteiger partial charge in [0, 0.05) is 7.11 Å². The minimum Gasteiger partial charge on any atom is -0.381 e. The lowest BCUT2D eigenvalue weighted by Crippen LogP contribution is -2.37. The van der Waals surface area contributed by atoms with Gasteiger partial charge in [-0.15, -0.1) is 0 Å². The number of methoxy groups -OCH3 is 1. The largest absolute Gasteiger partial charge is 0.491 e. The van der Waals surface area contributed by atoms with Gasteiger partial charge in [-0.3, -0.25) is 32.4 Å². The van der Waals surface area contributed by atoms with Crippen LogP contribution >= 0.6 is 15.6 Å². The smallest absolute Gasteiger partial charge is 0.381 e. The number of nitrogen functional groups attached to an aromatic ring is 2. The van der Waals surface area contributed by atoms with Crippen LogP contribution in [0.2, 0.25) is 0 Å². The van der Waals surface area contributed by atoms with Crippen molar-refractivity contribution in [1.82, 2.24) is 39.1 Å². The van der Waals surface area contributed by atoms with E-state index in [1.54, 1.807) is 0 Å². The third kappa shape index (κ3) is 5.60. The molecule has 23 nitrogen and oxygen atoms in total. The van der Waals surface area contributed by atoms with Crippen LogP contribution in [-0.4, -0.2) is 101 Å². The number of hydrogen-bond donors (Lipinski definition) is 5. The Hall–Kier alpha value is -3.51. The second kappa shape index (κ2) is 11.9. The summed E-state index contributed by atoms with van der Waals surface area (Å²) >= 11 is 0. The molecule has 0 aromatic carbocycles. The first-order valence-electron chi connectivity index (χ1n) is 13.5. The minimum absolute atomic E-state index is 0.00695. The lowest BCUT2D eigenvalue weighted by atomic mass is 10.1. The zero-order valence-corrected chi connectivity index (χ0v) is 25.6. The van der Waals surface area contributed by atoms with Crippen molar-refractivity contribution in [1.29, 1.82) is 0 Å². The second-order valence-electron chi connectivity index (χ2n) is 10.4. The van der Waals surface area contributed by atoms with Gasteiger partial charge in [-0.05, 0) is 0 Å². The highest BCUT2D eigenvalue weighted by atomic mass is 31.2. The molecule has 26 heteroatoms. The maximum Gasteiger partial charge on any atom is 0.491 e. The van der Waals surface area contributed by atoms with E-state index in [-0.39, 0.29) is 34.3 Å². The molecule has 2 bridgehead atoms. The van der Waals surface area contributed by atoms with Gasteiger partial charge in [0.1, 0.15) is 43.0 Å². The van der Waals surface area contributed by atoms with Gasteiger partial charge < -0.3 is 30.6 Å². The quantitative estimate of drug-likeness (QED) is 0.126. The van der Waals surface area contributed by atoms with Crippen LogP contribution in [0.3, 0.4) is 0 Å². The third-order valence-corrected chi connectivity index (χ3v) is 9.87. The molecule has 4 aromatic heterocycles. The zero-order valence-electron chi connectivity index (χ0n) is 23.8. The Morgan fingerprint density at radius 1 is 1.09 bits per heavy atom. The van der Waals surface area contributed by atoms with E-state index in [9.17, 15) is 18.8 Å². The molecule has 3 fully saturated rings. The highest BCUT2D eigenvalue weighted by Gasteiger charge is 2.55. The van der Waals surface area contributed by atoms with E-state index in [0.29, 0.717) is 0 Å². The Bertz CT molecular complexity index is 1980. The van der Waals surface area contributed by atoms with Gasteiger partial charge in [-0.2, -0.15) is 10.1 Å². The van der Waals surface area contributed by atoms with Crippen LogP contribution in [0.4, 0.5) is 16.2 Å². The molecule has 0 saturated carbocycles. The first kappa shape index (κ1) is 32.1. The molecule has 47 heavy (non-hydrogen) atoms. The number of phosphoric ester groups is 2. The number of aromatic amines is 1. The highest BCUT2D eigenvalue weighted by molar-refractivity contribution is 7.48. The number of H-pyrrole nitrogens is 1. The molecule has 3 aliphatic rings. The van der Waals surface area contributed by atoms with Crippen molar-refractivity contribution in [2.24, 2.45) is 5.90 Å². The average Bonchev–Trinajstić information content (AvgIpc) is 3.79. The number of nitrogens with zero attached hydrogens (tertiary/aromatic N) is 7. The van der Waals surface area contributed by atoms with Crippen molar-refractivity contribution < 1.29 is 55.3 Å². The number of imidazole rings is 2. The highest BCUT2D eigenvalue weighted by Crippen LogP contribution is 2.56. The molecule has 10 atom stereocenters. The standard InChI is InChI=1S/C21H26FN11O12P2/c1-38-14-9-3-39-46(35,36)43-13-8(41-12(10(13)22)7-2-26-18-16(23)27-5-29-33(7)18)4-40-47(37,45-25)44-15(14)20(42-9)32-6-28-11-17(32)30-21(24)31-19(11)34/h2,5-6,8-10,12-15,20H,3-4,25H2,1H3,(H,35,36)(H2,23,27,29)(H3,24,30,31,34). The fourth-order valence-electron chi connectivity index (χ4n) is 5.60. The van der Waals surface area contributed by atoms with Gasteiger partial charge in [0.05, 0.1) is 31.4 Å². The molecule has 0 aliphatic carbocycles. The van der Waals surface area contributed by atoms with Crippen LogP contribution < -0.4 is 22.9 Å². The zero-order chi connectivity index (χ0) is 33.2. The van der Waals surface area contributed by atoms with Crippen LogP contribution in [0.1, 0.15) is 18.0 Å². The van der Waals surface area contributed by atoms with E-state index < -0.39 is 83.4 Å². The second-order valence-corrected chi connectivity index (χ2v) is 13.4. The number of rotatable bonds is 4. The summed E-state index contributed by atoms with van der Waals surface area (Å²) in [6.07, 6.45) is -8.83. The molecule has 0 radical (unpaired) electrons. The fraction of sp³-hybridized carbons (Fsp3) is 0.524. The number of hydrogen-bond acceptors (Lipinski definition) is 19. The van der Waals surface area contributed by atoms with E-state index >= 15 is 4.39 Å². The minimum atomic E-state index is -5.10. The molecule has 7 rings (SSSR count). The van der Waals surface area contributed by atoms with Gasteiger partial charge in [0.2, 0.25) is 5.95 Å². The number of ether oxygens (including phenoxy) is 3. The lowest BCUT2D eigenvalue weighted by molar-refractivity contribution is -0.0657. The summed E-state index contributed by atoms with van der Waals surface area (Å²) in [5.41, 5.74) is 10.8. The number of alkyl halides is 1. The number of anilines is 2. The van der Waals surface area contributed by atoms with E-state index in [4.69, 9.17) is 49.7 Å². The van der Waals surface area contributed by atoms with Gasteiger partial charge in [0.25, 0.3) is 5.56 Å². The normalized spacial score (nSPS) is 36.6. The number of fused-ring (bicyclic) bond motifs is 5. The van der Waals surface area contributed by atoms with Crippen molar-refractivity contribution in [2.75, 3.05) is 31.8 Å². The van der Waals surface area contributed by atoms with Crippen molar-refractivity contribution in [3.8, 4) is 0 Å². The van der Waals surface area contributed by atoms with E-state index in [1.165, 1.54) is 28.7 Å². The SMILES string of the molecule is COC1C2COP(=O)(O)OC3C(COP(=O)(ON)OC1C(n1cnc4c(=O)[nH]c(N)nc41)O2)OC(c1cnc2c(N)ncnn12)C3F. The Labute approximate surface area is 260 Å². The van der Waals surface area contributed by atoms with Crippen molar-refractivity contribution in [2.45, 2.75) is 49.0 Å².